The number of aromatic nitrogens is 2. The highest BCUT2D eigenvalue weighted by atomic mass is 16.6. The number of ether oxygens (including phenoxy) is 2. The van der Waals surface area contributed by atoms with Crippen LogP contribution in [0.5, 0.6) is 0 Å². The topological polar surface area (TPSA) is 141 Å². The van der Waals surface area contributed by atoms with Crippen LogP contribution in [0.1, 0.15) is 40.0 Å². The third kappa shape index (κ3) is 4.90. The summed E-state index contributed by atoms with van der Waals surface area (Å²) in [6.45, 7) is 2.80. The summed E-state index contributed by atoms with van der Waals surface area (Å²) in [4.78, 5) is 50.8. The first-order valence-corrected chi connectivity index (χ1v) is 12.2. The Bertz CT molecular complexity index is 1280. The molecule has 5 rings (SSSR count). The Morgan fingerprint density at radius 3 is 2.92 bits per heavy atom. The van der Waals surface area contributed by atoms with E-state index in [1.54, 1.807) is 13.2 Å². The smallest absolute Gasteiger partial charge is 0.410 e. The van der Waals surface area contributed by atoms with Gasteiger partial charge < -0.3 is 19.3 Å². The van der Waals surface area contributed by atoms with Crippen molar-refractivity contribution in [1.82, 2.24) is 14.9 Å². The zero-order chi connectivity index (χ0) is 25.9. The highest BCUT2D eigenvalue weighted by Crippen LogP contribution is 2.30. The van der Waals surface area contributed by atoms with E-state index in [9.17, 15) is 19.6 Å². The van der Waals surface area contributed by atoms with E-state index in [-0.39, 0.29) is 18.3 Å². The zero-order valence-corrected chi connectivity index (χ0v) is 20.5. The Kier molecular flexibility index (Phi) is 6.87. The molecule has 0 bridgehead atoms. The first-order valence-electron chi connectivity index (χ1n) is 12.2. The summed E-state index contributed by atoms with van der Waals surface area (Å²) in [5, 5.41) is 12.4. The fourth-order valence-electron chi connectivity index (χ4n) is 4.94. The molecule has 1 N–H and O–H groups in total. The summed E-state index contributed by atoms with van der Waals surface area (Å²) in [7, 11) is 1.67. The van der Waals surface area contributed by atoms with E-state index in [0.717, 1.165) is 18.5 Å². The van der Waals surface area contributed by atoms with E-state index in [1.807, 2.05) is 6.07 Å². The molecule has 3 amide bonds. The van der Waals surface area contributed by atoms with Crippen LogP contribution in [0, 0.1) is 11.3 Å². The number of hydrogen-bond acceptors (Lipinski definition) is 9. The van der Waals surface area contributed by atoms with Gasteiger partial charge in [0, 0.05) is 44.6 Å². The van der Waals surface area contributed by atoms with Crippen molar-refractivity contribution >= 4 is 35.7 Å². The molecule has 0 aromatic carbocycles. The number of pyridine rings is 2. The molecule has 1 atom stereocenters. The first-order chi connectivity index (χ1) is 18.0. The molecule has 2 aromatic rings. The van der Waals surface area contributed by atoms with Crippen molar-refractivity contribution in [1.29, 1.82) is 5.26 Å². The number of fused-ring (bicyclic) bond motifs is 1. The summed E-state index contributed by atoms with van der Waals surface area (Å²) in [5.41, 5.74) is 2.74. The zero-order valence-electron chi connectivity index (χ0n) is 20.5. The third-order valence-corrected chi connectivity index (χ3v) is 6.89. The first kappa shape index (κ1) is 24.5. The molecule has 0 spiro atoms. The molecule has 12 nitrogen and oxygen atoms in total. The fourth-order valence-corrected chi connectivity index (χ4v) is 4.94. The predicted octanol–water partition coefficient (Wildman–Crippen LogP) is 2.32. The van der Waals surface area contributed by atoms with Gasteiger partial charge in [-0.25, -0.2) is 19.6 Å². The van der Waals surface area contributed by atoms with Crippen LogP contribution in [0.2, 0.25) is 0 Å². The number of carbonyl (C=O) groups excluding carboxylic acids is 3. The quantitative estimate of drug-likeness (QED) is 0.586. The van der Waals surface area contributed by atoms with E-state index in [0.29, 0.717) is 73.8 Å². The van der Waals surface area contributed by atoms with Gasteiger partial charge in [-0.2, -0.15) is 5.26 Å². The highest BCUT2D eigenvalue weighted by Gasteiger charge is 2.29. The lowest BCUT2D eigenvalue weighted by Gasteiger charge is -2.29. The number of aryl methyl sites for hydroxylation is 1. The normalized spacial score (nSPS) is 18.9. The van der Waals surface area contributed by atoms with Crippen molar-refractivity contribution < 1.29 is 23.9 Å². The average molecular weight is 506 g/mol. The number of carbonyl (C=O) groups is 3. The molecule has 0 saturated carbocycles. The number of methoxy groups -OCH3 is 1. The maximum Gasteiger partial charge on any atom is 0.410 e. The molecular formula is C25H27N7O5. The lowest BCUT2D eigenvalue weighted by molar-refractivity contribution is 0.111. The van der Waals surface area contributed by atoms with Crippen molar-refractivity contribution in [2.75, 3.05) is 55.0 Å². The number of aldehydes is 1. The van der Waals surface area contributed by atoms with Crippen molar-refractivity contribution in [3.8, 4) is 6.07 Å². The molecule has 12 heteroatoms. The minimum Gasteiger partial charge on any atom is -0.448 e. The Morgan fingerprint density at radius 2 is 2.22 bits per heavy atom. The van der Waals surface area contributed by atoms with Crippen LogP contribution in [0.3, 0.4) is 0 Å². The summed E-state index contributed by atoms with van der Waals surface area (Å²) in [5.74, 6) is 0.724. The van der Waals surface area contributed by atoms with E-state index in [1.165, 1.54) is 16.0 Å². The van der Waals surface area contributed by atoms with Crippen molar-refractivity contribution in [2.24, 2.45) is 0 Å². The maximum atomic E-state index is 13.3. The lowest BCUT2D eigenvalue weighted by Crippen LogP contribution is -2.40. The van der Waals surface area contributed by atoms with Crippen LogP contribution in [0.25, 0.3) is 0 Å². The van der Waals surface area contributed by atoms with Gasteiger partial charge in [0.15, 0.2) is 6.29 Å². The molecule has 2 aromatic heterocycles. The van der Waals surface area contributed by atoms with E-state index in [4.69, 9.17) is 9.47 Å². The van der Waals surface area contributed by atoms with Gasteiger partial charge in [-0.05, 0) is 30.9 Å². The van der Waals surface area contributed by atoms with Crippen LogP contribution in [0.4, 0.5) is 26.9 Å². The Hall–Kier alpha value is -4.24. The van der Waals surface area contributed by atoms with Crippen molar-refractivity contribution in [3.05, 3.63) is 40.7 Å². The largest absolute Gasteiger partial charge is 0.448 e. The van der Waals surface area contributed by atoms with Crippen molar-refractivity contribution in [2.45, 2.75) is 31.9 Å². The van der Waals surface area contributed by atoms with Crippen LogP contribution in [0.15, 0.2) is 18.3 Å². The molecule has 2 saturated heterocycles. The van der Waals surface area contributed by atoms with Gasteiger partial charge in [-0.1, -0.05) is 0 Å². The second kappa shape index (κ2) is 10.4. The minimum atomic E-state index is -0.430. The Labute approximate surface area is 213 Å². The molecule has 3 aliphatic heterocycles. The number of rotatable bonds is 6. The van der Waals surface area contributed by atoms with Gasteiger partial charge in [-0.3, -0.25) is 15.0 Å². The summed E-state index contributed by atoms with van der Waals surface area (Å²) in [6, 6.07) is 5.27. The van der Waals surface area contributed by atoms with Crippen LogP contribution < -0.4 is 15.1 Å². The highest BCUT2D eigenvalue weighted by molar-refractivity contribution is 6.02. The van der Waals surface area contributed by atoms with Crippen molar-refractivity contribution in [3.63, 3.8) is 0 Å². The predicted molar refractivity (Wildman–Crippen MR) is 133 cm³/mol. The third-order valence-electron chi connectivity index (χ3n) is 6.89. The maximum absolute atomic E-state index is 13.3. The minimum absolute atomic E-state index is 0.0849. The van der Waals surface area contributed by atoms with Gasteiger partial charge in [0.2, 0.25) is 0 Å². The van der Waals surface area contributed by atoms with Gasteiger partial charge in [0.1, 0.15) is 30.0 Å². The fraction of sp³-hybridized carbons (Fsp3) is 0.440. The molecular weight excluding hydrogens is 478 g/mol. The van der Waals surface area contributed by atoms with Gasteiger partial charge >= 0.3 is 12.1 Å². The number of urea groups is 1. The Balaban J connectivity index is 1.37. The molecule has 2 fully saturated rings. The van der Waals surface area contributed by atoms with E-state index in [2.05, 4.69) is 26.3 Å². The standard InChI is InChI=1S/C25H27N7O5/c1-36-19-4-6-30(14-19)21-10-22(27-12-18(21)11-26)29-24(34)32-5-2-3-16-9-17(20(15-33)28-23(16)32)13-31-7-8-37-25(31)35/h9-10,12,15,19H,2-8,13-14H2,1H3,(H,27,29,34)/t19-/m1/s1. The molecule has 5 heterocycles. The molecule has 0 radical (unpaired) electrons. The monoisotopic (exact) mass is 505 g/mol. The molecule has 37 heavy (non-hydrogen) atoms. The van der Waals surface area contributed by atoms with Gasteiger partial charge in [-0.15, -0.1) is 0 Å². The summed E-state index contributed by atoms with van der Waals surface area (Å²) >= 11 is 0. The molecule has 3 aliphatic rings. The Morgan fingerprint density at radius 1 is 1.35 bits per heavy atom. The number of cyclic esters (lactones) is 1. The molecule has 192 valence electrons. The van der Waals surface area contributed by atoms with Gasteiger partial charge in [0.25, 0.3) is 0 Å². The van der Waals surface area contributed by atoms with Crippen LogP contribution in [-0.4, -0.2) is 79.3 Å². The lowest BCUT2D eigenvalue weighted by atomic mass is 10.0. The summed E-state index contributed by atoms with van der Waals surface area (Å²) in [6.07, 6.45) is 4.01. The van der Waals surface area contributed by atoms with E-state index >= 15 is 0 Å². The number of hydrogen-bond donors (Lipinski definition) is 1. The number of anilines is 3. The second-order valence-corrected chi connectivity index (χ2v) is 9.15. The number of nitriles is 1. The second-order valence-electron chi connectivity index (χ2n) is 9.15. The van der Waals surface area contributed by atoms with E-state index < -0.39 is 12.1 Å². The number of amides is 3. The number of nitrogens with zero attached hydrogens (tertiary/aromatic N) is 6. The van der Waals surface area contributed by atoms with Gasteiger partial charge in [0.05, 0.1) is 30.4 Å². The van der Waals surface area contributed by atoms with Crippen LogP contribution in [-0.2, 0) is 22.4 Å². The SMILES string of the molecule is CO[C@@H]1CCN(c2cc(NC(=O)N3CCCc4cc(CN5CCOC5=O)c(C=O)nc43)ncc2C#N)C1. The van der Waals surface area contributed by atoms with Crippen LogP contribution >= 0.6 is 0 Å². The molecule has 0 aliphatic carbocycles. The molecule has 0 unspecified atom stereocenters. The summed E-state index contributed by atoms with van der Waals surface area (Å²) < 4.78 is 10.4. The average Bonchev–Trinajstić information content (AvgIpc) is 3.56. The number of nitrogens with one attached hydrogen (secondary N) is 1.